The summed E-state index contributed by atoms with van der Waals surface area (Å²) in [7, 11) is 0. The highest BCUT2D eigenvalue weighted by atomic mass is 79.9. The van der Waals surface area contributed by atoms with Gasteiger partial charge in [-0.2, -0.15) is 0 Å². The normalized spacial score (nSPS) is 48.2. The number of piperidine rings is 1. The van der Waals surface area contributed by atoms with Crippen LogP contribution in [0.4, 0.5) is 5.69 Å². The predicted octanol–water partition coefficient (Wildman–Crippen LogP) is 3.44. The van der Waals surface area contributed by atoms with E-state index in [9.17, 15) is 0 Å². The fraction of sp³-hybridized carbons (Fsp3) is 0.455. The highest BCUT2D eigenvalue weighted by Gasteiger charge is 2.09. The van der Waals surface area contributed by atoms with Gasteiger partial charge in [0.15, 0.2) is 0 Å². The Morgan fingerprint density at radius 1 is 1.08 bits per heavy atom. The molecule has 1 aliphatic rings. The molecule has 70 valence electrons. The first-order valence-electron chi connectivity index (χ1n) is 8.68. The van der Waals surface area contributed by atoms with Gasteiger partial charge in [0, 0.05) is 36.9 Å². The largest absolute Gasteiger partial charge is 0.372 e. The van der Waals surface area contributed by atoms with Crippen molar-refractivity contribution in [3.63, 3.8) is 0 Å². The van der Waals surface area contributed by atoms with E-state index < -0.39 is 32.1 Å². The summed E-state index contributed by atoms with van der Waals surface area (Å²) in [4.78, 5) is 0.341. The molecule has 0 aromatic heterocycles. The minimum Gasteiger partial charge on any atom is -0.372 e. The molecule has 1 aromatic carbocycles. The van der Waals surface area contributed by atoms with E-state index in [0.717, 1.165) is 0 Å². The third-order valence-corrected chi connectivity index (χ3v) is 2.07. The van der Waals surface area contributed by atoms with Crippen molar-refractivity contribution in [1.29, 1.82) is 0 Å². The van der Waals surface area contributed by atoms with Gasteiger partial charge in [-0.1, -0.05) is 15.9 Å². The zero-order chi connectivity index (χ0) is 18.1. The molecule has 1 heterocycles. The molecule has 0 spiro atoms. The van der Waals surface area contributed by atoms with Gasteiger partial charge in [0.05, 0.1) is 0 Å². The van der Waals surface area contributed by atoms with E-state index in [4.69, 9.17) is 13.7 Å². The second-order valence-corrected chi connectivity index (χ2v) is 3.33. The van der Waals surface area contributed by atoms with Crippen molar-refractivity contribution < 1.29 is 13.7 Å². The fourth-order valence-corrected chi connectivity index (χ4v) is 1.21. The third kappa shape index (κ3) is 2.25. The molecule has 1 aliphatic heterocycles. The lowest BCUT2D eigenvalue weighted by atomic mass is 10.1. The van der Waals surface area contributed by atoms with Crippen LogP contribution in [0.5, 0.6) is 0 Å². The molecule has 0 atom stereocenters. The zero-order valence-corrected chi connectivity index (χ0v) is 8.22. The smallest absolute Gasteiger partial charge is 0.0493 e. The van der Waals surface area contributed by atoms with Crippen molar-refractivity contribution in [1.82, 2.24) is 0 Å². The summed E-state index contributed by atoms with van der Waals surface area (Å²) in [5.74, 6) is 0. The van der Waals surface area contributed by atoms with Crippen LogP contribution in [0, 0.1) is 0 Å². The number of halogens is 1. The Balaban J connectivity index is 2.77. The number of hydrogen-bond acceptors (Lipinski definition) is 1. The Morgan fingerprint density at radius 3 is 2.31 bits per heavy atom. The summed E-state index contributed by atoms with van der Waals surface area (Å²) < 4.78 is 79.6. The van der Waals surface area contributed by atoms with Crippen molar-refractivity contribution in [3.05, 3.63) is 28.7 Å². The van der Waals surface area contributed by atoms with Crippen LogP contribution in [0.25, 0.3) is 0 Å². The van der Waals surface area contributed by atoms with Crippen molar-refractivity contribution in [2.75, 3.05) is 17.9 Å². The van der Waals surface area contributed by atoms with Gasteiger partial charge < -0.3 is 4.90 Å². The third-order valence-electron chi connectivity index (χ3n) is 1.55. The summed E-state index contributed by atoms with van der Waals surface area (Å²) in [5, 5.41) is 0. The van der Waals surface area contributed by atoms with E-state index in [1.165, 1.54) is 24.3 Å². The van der Waals surface area contributed by atoms with Crippen LogP contribution in [-0.2, 0) is 0 Å². The quantitative estimate of drug-likeness (QED) is 0.738. The maximum atomic E-state index is 8.02. The van der Waals surface area contributed by atoms with E-state index in [-0.39, 0.29) is 5.69 Å². The summed E-state index contributed by atoms with van der Waals surface area (Å²) in [6, 6.07) is 5.59. The molecule has 0 radical (unpaired) electrons. The topological polar surface area (TPSA) is 3.24 Å². The molecular weight excluding hydrogens is 226 g/mol. The lowest BCUT2D eigenvalue weighted by Gasteiger charge is -2.28. The van der Waals surface area contributed by atoms with Crippen LogP contribution in [0.3, 0.4) is 0 Å². The molecular formula is C11H14BrN. The van der Waals surface area contributed by atoms with Crippen LogP contribution in [0.15, 0.2) is 28.7 Å². The predicted molar refractivity (Wildman–Crippen MR) is 60.2 cm³/mol. The van der Waals surface area contributed by atoms with Gasteiger partial charge >= 0.3 is 0 Å². The zero-order valence-electron chi connectivity index (χ0n) is 16.6. The number of anilines is 1. The minimum absolute atomic E-state index is 0.0912. The molecule has 1 saturated heterocycles. The van der Waals surface area contributed by atoms with Crippen LogP contribution in [-0.4, -0.2) is 13.0 Å². The maximum absolute atomic E-state index is 8.02. The molecule has 0 bridgehead atoms. The SMILES string of the molecule is [2H]C1([2H])N(c2ccc(Br)cc2)C([2H])([2H])C([2H])([2H])C([2H])([2H])C1([2H])[2H]. The highest BCUT2D eigenvalue weighted by molar-refractivity contribution is 9.10. The molecule has 1 fully saturated rings. The lowest BCUT2D eigenvalue weighted by Crippen LogP contribution is -2.29. The standard InChI is InChI=1S/C11H14BrN/c12-10-4-6-11(7-5-10)13-8-2-1-3-9-13/h4-7H,1-3,8-9H2/i1D2,2D2,3D2,8D2,9D2. The van der Waals surface area contributed by atoms with Gasteiger partial charge in [-0.3, -0.25) is 0 Å². The van der Waals surface area contributed by atoms with Crippen LogP contribution in [0.1, 0.15) is 32.8 Å². The monoisotopic (exact) mass is 249 g/mol. The molecule has 1 aromatic rings. The van der Waals surface area contributed by atoms with E-state index in [0.29, 0.717) is 9.37 Å². The number of nitrogens with zero attached hydrogens (tertiary/aromatic N) is 1. The summed E-state index contributed by atoms with van der Waals surface area (Å²) >= 11 is 3.18. The molecule has 1 nitrogen and oxygen atoms in total. The molecule has 0 amide bonds. The van der Waals surface area contributed by atoms with E-state index >= 15 is 0 Å². The van der Waals surface area contributed by atoms with Crippen LogP contribution >= 0.6 is 15.9 Å². The van der Waals surface area contributed by atoms with Crippen LogP contribution in [0.2, 0.25) is 0 Å². The average Bonchev–Trinajstić information content (AvgIpc) is 2.39. The van der Waals surface area contributed by atoms with Gasteiger partial charge in [-0.05, 0) is 43.4 Å². The molecule has 13 heavy (non-hydrogen) atoms. The highest BCUT2D eigenvalue weighted by Crippen LogP contribution is 2.21. The molecule has 2 rings (SSSR count). The van der Waals surface area contributed by atoms with Crippen molar-refractivity contribution >= 4 is 21.6 Å². The van der Waals surface area contributed by atoms with Gasteiger partial charge in [-0.25, -0.2) is 0 Å². The Bertz CT molecular complexity index is 582. The van der Waals surface area contributed by atoms with Gasteiger partial charge in [-0.15, -0.1) is 0 Å². The van der Waals surface area contributed by atoms with E-state index in [1.54, 1.807) is 0 Å². The molecule has 0 N–H and O–H groups in total. The van der Waals surface area contributed by atoms with Crippen molar-refractivity contribution in [3.8, 4) is 0 Å². The van der Waals surface area contributed by atoms with Gasteiger partial charge in [0.2, 0.25) is 0 Å². The van der Waals surface area contributed by atoms with Crippen LogP contribution < -0.4 is 4.90 Å². The summed E-state index contributed by atoms with van der Waals surface area (Å²) in [6.07, 6.45) is -10.00. The number of rotatable bonds is 1. The Labute approximate surface area is 102 Å². The maximum Gasteiger partial charge on any atom is 0.0493 e. The van der Waals surface area contributed by atoms with E-state index in [1.807, 2.05) is 0 Å². The molecule has 0 aliphatic carbocycles. The second-order valence-electron chi connectivity index (χ2n) is 2.41. The minimum atomic E-state index is -3.39. The first-order valence-corrected chi connectivity index (χ1v) is 4.47. The van der Waals surface area contributed by atoms with Gasteiger partial charge in [0.25, 0.3) is 0 Å². The molecule has 2 heteroatoms. The van der Waals surface area contributed by atoms with Crippen molar-refractivity contribution in [2.24, 2.45) is 0 Å². The first-order chi connectivity index (χ1) is 10.1. The second kappa shape index (κ2) is 4.14. The Hall–Kier alpha value is -0.500. The Morgan fingerprint density at radius 2 is 1.69 bits per heavy atom. The molecule has 0 saturated carbocycles. The lowest BCUT2D eigenvalue weighted by molar-refractivity contribution is 0.578. The summed E-state index contributed by atoms with van der Waals surface area (Å²) in [5.41, 5.74) is -0.0912. The fourth-order valence-electron chi connectivity index (χ4n) is 0.946. The van der Waals surface area contributed by atoms with E-state index in [2.05, 4.69) is 15.9 Å². The molecule has 0 unspecified atom stereocenters. The number of benzene rings is 1. The Kier molecular flexibility index (Phi) is 0.953. The van der Waals surface area contributed by atoms with Crippen molar-refractivity contribution in [2.45, 2.75) is 19.1 Å². The van der Waals surface area contributed by atoms with Gasteiger partial charge in [0.1, 0.15) is 0 Å². The average molecular weight is 250 g/mol. The first kappa shape index (κ1) is 2.99. The summed E-state index contributed by atoms with van der Waals surface area (Å²) in [6.45, 7) is -6.25. The number of hydrogen-bond donors (Lipinski definition) is 0.